The van der Waals surface area contributed by atoms with E-state index in [4.69, 9.17) is 4.74 Å². The van der Waals surface area contributed by atoms with Gasteiger partial charge in [-0.15, -0.1) is 0 Å². The molecule has 2 aliphatic rings. The standard InChI is InChI=1S/C30H36N2O3/c1-22-7-3-6-10-28(22)29(33)35-27-13-14-30(34,25-12-11-23-8-4-5-9-24(23)19-25)26(20-27)21-32-17-15-31(2)16-18-32/h3-12,19,26-27,34H,13-18,20-21H2,1-2H3. The molecule has 5 rings (SSSR count). The molecule has 0 bridgehead atoms. The first-order valence-electron chi connectivity index (χ1n) is 12.8. The minimum atomic E-state index is -0.945. The highest BCUT2D eigenvalue weighted by molar-refractivity contribution is 5.91. The van der Waals surface area contributed by atoms with Gasteiger partial charge in [0.05, 0.1) is 11.2 Å². The maximum atomic E-state index is 12.9. The van der Waals surface area contributed by atoms with Crippen molar-refractivity contribution in [2.45, 2.75) is 37.9 Å². The van der Waals surface area contributed by atoms with E-state index in [1.54, 1.807) is 0 Å². The average molecular weight is 473 g/mol. The Balaban J connectivity index is 1.39. The molecule has 3 aromatic rings. The molecule has 35 heavy (non-hydrogen) atoms. The zero-order valence-corrected chi connectivity index (χ0v) is 20.8. The zero-order chi connectivity index (χ0) is 24.4. The Morgan fingerprint density at radius 3 is 2.49 bits per heavy atom. The molecule has 3 unspecified atom stereocenters. The van der Waals surface area contributed by atoms with Crippen LogP contribution in [0.4, 0.5) is 0 Å². The number of esters is 1. The normalized spacial score (nSPS) is 26.0. The molecule has 3 aromatic carbocycles. The van der Waals surface area contributed by atoms with Gasteiger partial charge in [0, 0.05) is 38.6 Å². The van der Waals surface area contributed by atoms with Crippen molar-refractivity contribution < 1.29 is 14.6 Å². The quantitative estimate of drug-likeness (QED) is 0.550. The van der Waals surface area contributed by atoms with Crippen molar-refractivity contribution in [2.24, 2.45) is 5.92 Å². The van der Waals surface area contributed by atoms with Gasteiger partial charge in [-0.25, -0.2) is 4.79 Å². The number of ether oxygens (including phenoxy) is 1. The number of benzene rings is 3. The summed E-state index contributed by atoms with van der Waals surface area (Å²) in [4.78, 5) is 17.8. The maximum Gasteiger partial charge on any atom is 0.338 e. The van der Waals surface area contributed by atoms with E-state index in [1.165, 1.54) is 5.39 Å². The Kier molecular flexibility index (Phi) is 6.92. The molecular formula is C30H36N2O3. The molecular weight excluding hydrogens is 436 g/mol. The van der Waals surface area contributed by atoms with E-state index >= 15 is 0 Å². The maximum absolute atomic E-state index is 12.9. The SMILES string of the molecule is Cc1ccccc1C(=O)OC1CCC(O)(c2ccc3ccccc3c2)C(CN2CCN(C)CC2)C1. The lowest BCUT2D eigenvalue weighted by atomic mass is 9.70. The molecule has 5 heteroatoms. The van der Waals surface area contributed by atoms with Crippen LogP contribution in [0.5, 0.6) is 0 Å². The number of aliphatic hydroxyl groups is 1. The van der Waals surface area contributed by atoms with Crippen LogP contribution in [0.25, 0.3) is 10.8 Å². The minimum Gasteiger partial charge on any atom is -0.459 e. The van der Waals surface area contributed by atoms with E-state index in [9.17, 15) is 9.90 Å². The highest BCUT2D eigenvalue weighted by Gasteiger charge is 2.45. The molecule has 1 aliphatic carbocycles. The van der Waals surface area contributed by atoms with E-state index in [0.717, 1.165) is 49.2 Å². The number of likely N-dealkylation sites (N-methyl/N-ethyl adjacent to an activating group) is 1. The lowest BCUT2D eigenvalue weighted by molar-refractivity contribution is -0.100. The van der Waals surface area contributed by atoms with Gasteiger partial charge in [-0.3, -0.25) is 0 Å². The molecule has 1 heterocycles. The van der Waals surface area contributed by atoms with Crippen LogP contribution in [0.3, 0.4) is 0 Å². The molecule has 1 N–H and O–H groups in total. The summed E-state index contributed by atoms with van der Waals surface area (Å²) in [6.45, 7) is 6.80. The van der Waals surface area contributed by atoms with Crippen molar-refractivity contribution in [3.8, 4) is 0 Å². The third kappa shape index (κ3) is 5.13. The van der Waals surface area contributed by atoms with Crippen molar-refractivity contribution in [3.63, 3.8) is 0 Å². The number of piperazine rings is 1. The zero-order valence-electron chi connectivity index (χ0n) is 20.8. The van der Waals surface area contributed by atoms with E-state index in [2.05, 4.69) is 47.2 Å². The van der Waals surface area contributed by atoms with Gasteiger partial charge < -0.3 is 19.6 Å². The smallest absolute Gasteiger partial charge is 0.338 e. The molecule has 5 nitrogen and oxygen atoms in total. The molecule has 0 spiro atoms. The van der Waals surface area contributed by atoms with Gasteiger partial charge in [0.15, 0.2) is 0 Å². The number of hydrogen-bond acceptors (Lipinski definition) is 5. The summed E-state index contributed by atoms with van der Waals surface area (Å²) in [5.41, 5.74) is 1.58. The van der Waals surface area contributed by atoms with Crippen molar-refractivity contribution in [1.82, 2.24) is 9.80 Å². The first-order valence-corrected chi connectivity index (χ1v) is 12.8. The molecule has 1 saturated heterocycles. The molecule has 0 aromatic heterocycles. The highest BCUT2D eigenvalue weighted by atomic mass is 16.5. The monoisotopic (exact) mass is 472 g/mol. The summed E-state index contributed by atoms with van der Waals surface area (Å²) in [5.74, 6) is -0.280. The predicted molar refractivity (Wildman–Crippen MR) is 140 cm³/mol. The lowest BCUT2D eigenvalue weighted by Gasteiger charge is -2.46. The summed E-state index contributed by atoms with van der Waals surface area (Å²) in [6, 6.07) is 22.2. The number of fused-ring (bicyclic) bond motifs is 1. The first-order chi connectivity index (χ1) is 16.9. The summed E-state index contributed by atoms with van der Waals surface area (Å²) >= 11 is 0. The molecule has 0 radical (unpaired) electrons. The van der Waals surface area contributed by atoms with Crippen molar-refractivity contribution >= 4 is 16.7 Å². The van der Waals surface area contributed by atoms with E-state index in [0.29, 0.717) is 24.8 Å². The Morgan fingerprint density at radius 2 is 1.71 bits per heavy atom. The number of carbonyl (C=O) groups excluding carboxylic acids is 1. The van der Waals surface area contributed by atoms with Crippen LogP contribution < -0.4 is 0 Å². The van der Waals surface area contributed by atoms with Gasteiger partial charge in [-0.05, 0) is 67.3 Å². The fraction of sp³-hybridized carbons (Fsp3) is 0.433. The van der Waals surface area contributed by atoms with Gasteiger partial charge in [-0.1, -0.05) is 54.6 Å². The summed E-state index contributed by atoms with van der Waals surface area (Å²) < 4.78 is 6.02. The molecule has 3 atom stereocenters. The highest BCUT2D eigenvalue weighted by Crippen LogP contribution is 2.44. The molecule has 0 amide bonds. The summed E-state index contributed by atoms with van der Waals surface area (Å²) in [5, 5.41) is 14.5. The Hall–Kier alpha value is -2.73. The van der Waals surface area contributed by atoms with Gasteiger partial charge in [0.1, 0.15) is 6.10 Å². The summed E-state index contributed by atoms with van der Waals surface area (Å²) in [7, 11) is 2.16. The third-order valence-corrected chi connectivity index (χ3v) is 8.03. The van der Waals surface area contributed by atoms with Gasteiger partial charge in [0.2, 0.25) is 0 Å². The predicted octanol–water partition coefficient (Wildman–Crippen LogP) is 4.61. The Morgan fingerprint density at radius 1 is 1.00 bits per heavy atom. The van der Waals surface area contributed by atoms with Gasteiger partial charge in [0.25, 0.3) is 0 Å². The van der Waals surface area contributed by atoms with Crippen molar-refractivity contribution in [1.29, 1.82) is 0 Å². The minimum absolute atomic E-state index is 0.0181. The molecule has 1 saturated carbocycles. The topological polar surface area (TPSA) is 53.0 Å². The van der Waals surface area contributed by atoms with Crippen LogP contribution in [0, 0.1) is 12.8 Å². The van der Waals surface area contributed by atoms with Crippen LogP contribution in [0.1, 0.15) is 40.7 Å². The number of rotatable bonds is 5. The van der Waals surface area contributed by atoms with Gasteiger partial charge in [-0.2, -0.15) is 0 Å². The van der Waals surface area contributed by atoms with Crippen LogP contribution in [0.15, 0.2) is 66.7 Å². The van der Waals surface area contributed by atoms with Gasteiger partial charge >= 0.3 is 5.97 Å². The number of carbonyl (C=O) groups is 1. The van der Waals surface area contributed by atoms with E-state index < -0.39 is 5.60 Å². The van der Waals surface area contributed by atoms with Crippen molar-refractivity contribution in [2.75, 3.05) is 39.8 Å². The Bertz CT molecular complexity index is 1190. The fourth-order valence-electron chi connectivity index (χ4n) is 5.75. The van der Waals surface area contributed by atoms with Crippen LogP contribution >= 0.6 is 0 Å². The second-order valence-corrected chi connectivity index (χ2v) is 10.4. The van der Waals surface area contributed by atoms with Crippen LogP contribution in [-0.4, -0.2) is 66.8 Å². The molecule has 184 valence electrons. The lowest BCUT2D eigenvalue weighted by Crippen LogP contribution is -2.52. The van der Waals surface area contributed by atoms with Crippen LogP contribution in [0.2, 0.25) is 0 Å². The van der Waals surface area contributed by atoms with Crippen molar-refractivity contribution in [3.05, 3.63) is 83.4 Å². The largest absolute Gasteiger partial charge is 0.459 e. The summed E-state index contributed by atoms with van der Waals surface area (Å²) in [6.07, 6.45) is 1.70. The first kappa shape index (κ1) is 24.0. The number of hydrogen-bond donors (Lipinski definition) is 1. The van der Waals surface area contributed by atoms with Crippen LogP contribution in [-0.2, 0) is 10.3 Å². The average Bonchev–Trinajstić information content (AvgIpc) is 2.87. The second kappa shape index (κ2) is 10.1. The number of nitrogens with zero attached hydrogens (tertiary/aromatic N) is 2. The Labute approximate surface area is 208 Å². The van der Waals surface area contributed by atoms with E-state index in [1.807, 2.05) is 43.3 Å². The number of aryl methyl sites for hydroxylation is 1. The fourth-order valence-corrected chi connectivity index (χ4v) is 5.75. The second-order valence-electron chi connectivity index (χ2n) is 10.4. The third-order valence-electron chi connectivity index (χ3n) is 8.03. The molecule has 2 fully saturated rings. The molecule has 1 aliphatic heterocycles. The van der Waals surface area contributed by atoms with E-state index in [-0.39, 0.29) is 18.0 Å².